The Balaban J connectivity index is 2.09. The zero-order valence-corrected chi connectivity index (χ0v) is 10.4. The highest BCUT2D eigenvalue weighted by Gasteiger charge is 2.22. The molecular weight excluding hydrogens is 224 g/mol. The molecule has 0 aliphatic carbocycles. The molecule has 0 bridgehead atoms. The molecule has 1 atom stereocenters. The van der Waals surface area contributed by atoms with E-state index in [2.05, 4.69) is 0 Å². The van der Waals surface area contributed by atoms with Gasteiger partial charge in [0, 0.05) is 10.6 Å². The zero-order valence-electron chi connectivity index (χ0n) is 8.73. The van der Waals surface area contributed by atoms with E-state index in [0.29, 0.717) is 5.78 Å². The van der Waals surface area contributed by atoms with Gasteiger partial charge in [0.25, 0.3) is 0 Å². The number of carbonyl (C=O) groups is 1. The Bertz CT molecular complexity index is 339. The monoisotopic (exact) mass is 238 g/mol. The van der Waals surface area contributed by atoms with E-state index in [1.807, 2.05) is 43.0 Å². The lowest BCUT2D eigenvalue weighted by atomic mass is 10.1. The van der Waals surface area contributed by atoms with Crippen LogP contribution in [0.2, 0.25) is 0 Å². The zero-order chi connectivity index (χ0) is 10.7. The lowest BCUT2D eigenvalue weighted by Crippen LogP contribution is -2.21. The molecule has 1 aliphatic heterocycles. The van der Waals surface area contributed by atoms with Gasteiger partial charge in [-0.1, -0.05) is 29.8 Å². The number of hydrogen-bond acceptors (Lipinski definition) is 3. The third kappa shape index (κ3) is 2.79. The fraction of sp³-hybridized carbons (Fsp3) is 0.417. The minimum absolute atomic E-state index is 0.189. The van der Waals surface area contributed by atoms with Crippen molar-refractivity contribution >= 4 is 29.3 Å². The van der Waals surface area contributed by atoms with E-state index < -0.39 is 0 Å². The van der Waals surface area contributed by atoms with Crippen molar-refractivity contribution in [3.63, 3.8) is 0 Å². The second-order valence-corrected chi connectivity index (χ2v) is 6.36. The van der Waals surface area contributed by atoms with Crippen molar-refractivity contribution in [1.82, 2.24) is 0 Å². The second kappa shape index (κ2) is 5.08. The summed E-state index contributed by atoms with van der Waals surface area (Å²) in [6.07, 6.45) is 1.02. The highest BCUT2D eigenvalue weighted by atomic mass is 32.2. The number of carbonyl (C=O) groups excluding carboxylic acids is 1. The van der Waals surface area contributed by atoms with Crippen LogP contribution in [-0.4, -0.2) is 21.9 Å². The van der Waals surface area contributed by atoms with Gasteiger partial charge in [-0.25, -0.2) is 0 Å². The van der Waals surface area contributed by atoms with Crippen LogP contribution in [0.5, 0.6) is 0 Å². The largest absolute Gasteiger partial charge is 0.293 e. The average Bonchev–Trinajstić information content (AvgIpc) is 2.30. The summed E-state index contributed by atoms with van der Waals surface area (Å²) in [6, 6.07) is 7.91. The lowest BCUT2D eigenvalue weighted by Gasteiger charge is -2.19. The van der Waals surface area contributed by atoms with Crippen LogP contribution >= 0.6 is 23.5 Å². The number of hydrogen-bond donors (Lipinski definition) is 0. The molecule has 1 fully saturated rings. The Kier molecular flexibility index (Phi) is 3.76. The van der Waals surface area contributed by atoms with Crippen molar-refractivity contribution in [2.75, 3.05) is 10.8 Å². The van der Waals surface area contributed by atoms with Crippen molar-refractivity contribution < 1.29 is 4.79 Å². The molecular formula is C12H14OS2. The van der Waals surface area contributed by atoms with E-state index in [4.69, 9.17) is 0 Å². The first-order valence-electron chi connectivity index (χ1n) is 5.07. The average molecular weight is 238 g/mol. The molecule has 0 saturated carbocycles. The van der Waals surface area contributed by atoms with Gasteiger partial charge in [-0.05, 0) is 19.1 Å². The molecule has 2 rings (SSSR count). The maximum Gasteiger partial charge on any atom is 0.175 e. The minimum Gasteiger partial charge on any atom is -0.293 e. The summed E-state index contributed by atoms with van der Waals surface area (Å²) >= 11 is 3.71. The van der Waals surface area contributed by atoms with Crippen molar-refractivity contribution in [2.24, 2.45) is 0 Å². The quantitative estimate of drug-likeness (QED) is 0.735. The van der Waals surface area contributed by atoms with E-state index in [9.17, 15) is 4.79 Å². The molecule has 1 aromatic carbocycles. The van der Waals surface area contributed by atoms with E-state index in [0.717, 1.165) is 22.8 Å². The van der Waals surface area contributed by atoms with Gasteiger partial charge in [0.1, 0.15) is 0 Å². The molecule has 0 N–H and O–H groups in total. The Morgan fingerprint density at radius 2 is 2.07 bits per heavy atom. The molecule has 3 heteroatoms. The van der Waals surface area contributed by atoms with E-state index in [1.54, 1.807) is 11.8 Å². The molecule has 0 amide bonds. The Hall–Kier alpha value is -0.410. The maximum atomic E-state index is 12.1. The first kappa shape index (κ1) is 11.1. The van der Waals surface area contributed by atoms with Gasteiger partial charge >= 0.3 is 0 Å². The van der Waals surface area contributed by atoms with E-state index in [1.165, 1.54) is 5.56 Å². The smallest absolute Gasteiger partial charge is 0.175 e. The predicted molar refractivity (Wildman–Crippen MR) is 68.8 cm³/mol. The number of rotatable bonds is 2. The Labute approximate surface area is 99.0 Å². The van der Waals surface area contributed by atoms with Gasteiger partial charge in [-0.2, -0.15) is 11.8 Å². The number of Topliss-reactive ketones (excluding diaryl/α,β-unsaturated/α-hetero) is 1. The first-order chi connectivity index (χ1) is 7.27. The standard InChI is InChI=1S/C12H14OS2/c1-9-2-4-10(5-3-9)12(13)11-6-7-14-8-15-11/h2-5,11H,6-8H2,1H3. The summed E-state index contributed by atoms with van der Waals surface area (Å²) in [6.45, 7) is 2.04. The van der Waals surface area contributed by atoms with Gasteiger partial charge in [-0.3, -0.25) is 4.79 Å². The predicted octanol–water partition coefficient (Wildman–Crippen LogP) is 3.37. The van der Waals surface area contributed by atoms with Crippen molar-refractivity contribution in [3.05, 3.63) is 35.4 Å². The Morgan fingerprint density at radius 1 is 1.33 bits per heavy atom. The highest BCUT2D eigenvalue weighted by Crippen LogP contribution is 2.30. The molecule has 80 valence electrons. The Morgan fingerprint density at radius 3 is 2.67 bits per heavy atom. The maximum absolute atomic E-state index is 12.1. The number of aryl methyl sites for hydroxylation is 1. The van der Waals surface area contributed by atoms with Crippen LogP contribution in [0.25, 0.3) is 0 Å². The molecule has 1 saturated heterocycles. The third-order valence-corrected chi connectivity index (χ3v) is 5.09. The molecule has 1 aliphatic rings. The SMILES string of the molecule is Cc1ccc(C(=O)C2CCSCS2)cc1. The minimum atomic E-state index is 0.189. The number of thioether (sulfide) groups is 2. The van der Waals surface area contributed by atoms with E-state index >= 15 is 0 Å². The molecule has 1 nitrogen and oxygen atoms in total. The summed E-state index contributed by atoms with van der Waals surface area (Å²) in [5.41, 5.74) is 2.07. The molecule has 15 heavy (non-hydrogen) atoms. The molecule has 0 spiro atoms. The third-order valence-electron chi connectivity index (χ3n) is 2.51. The van der Waals surface area contributed by atoms with Crippen molar-refractivity contribution in [3.8, 4) is 0 Å². The van der Waals surface area contributed by atoms with Gasteiger partial charge in [0.15, 0.2) is 5.78 Å². The topological polar surface area (TPSA) is 17.1 Å². The molecule has 1 unspecified atom stereocenters. The van der Waals surface area contributed by atoms with Crippen LogP contribution in [0.3, 0.4) is 0 Å². The van der Waals surface area contributed by atoms with Crippen molar-refractivity contribution in [2.45, 2.75) is 18.6 Å². The fourth-order valence-corrected chi connectivity index (χ4v) is 4.21. The summed E-state index contributed by atoms with van der Waals surface area (Å²) in [4.78, 5) is 12.1. The van der Waals surface area contributed by atoms with Crippen LogP contribution < -0.4 is 0 Å². The first-order valence-corrected chi connectivity index (χ1v) is 7.28. The molecule has 1 aromatic rings. The summed E-state index contributed by atoms with van der Waals surface area (Å²) < 4.78 is 0. The second-order valence-electron chi connectivity index (χ2n) is 3.70. The van der Waals surface area contributed by atoms with Crippen LogP contribution in [-0.2, 0) is 0 Å². The van der Waals surface area contributed by atoms with Gasteiger partial charge in [0.05, 0.1) is 5.25 Å². The summed E-state index contributed by atoms with van der Waals surface area (Å²) in [5.74, 6) is 1.43. The summed E-state index contributed by atoms with van der Waals surface area (Å²) in [7, 11) is 0. The van der Waals surface area contributed by atoms with Gasteiger partial charge < -0.3 is 0 Å². The van der Waals surface area contributed by atoms with Crippen LogP contribution in [0.15, 0.2) is 24.3 Å². The van der Waals surface area contributed by atoms with Crippen molar-refractivity contribution in [1.29, 1.82) is 0 Å². The van der Waals surface area contributed by atoms with E-state index in [-0.39, 0.29) is 5.25 Å². The van der Waals surface area contributed by atoms with Crippen LogP contribution in [0.4, 0.5) is 0 Å². The number of benzene rings is 1. The normalized spacial score (nSPS) is 21.3. The van der Waals surface area contributed by atoms with Crippen LogP contribution in [0.1, 0.15) is 22.3 Å². The molecule has 0 aromatic heterocycles. The highest BCUT2D eigenvalue weighted by molar-refractivity contribution is 8.17. The lowest BCUT2D eigenvalue weighted by molar-refractivity contribution is 0.0988. The molecule has 1 heterocycles. The fourth-order valence-electron chi connectivity index (χ4n) is 1.57. The van der Waals surface area contributed by atoms with Crippen LogP contribution in [0, 0.1) is 6.92 Å². The van der Waals surface area contributed by atoms with Gasteiger partial charge in [-0.15, -0.1) is 11.8 Å². The van der Waals surface area contributed by atoms with Gasteiger partial charge in [0.2, 0.25) is 0 Å². The summed E-state index contributed by atoms with van der Waals surface area (Å²) in [5, 5.41) is 1.25. The number of ketones is 1. The molecule has 0 radical (unpaired) electrons.